The highest BCUT2D eigenvalue weighted by atomic mass is 16.5. The van der Waals surface area contributed by atoms with Crippen LogP contribution in [0.4, 0.5) is 0 Å². The fourth-order valence-corrected chi connectivity index (χ4v) is 2.60. The number of hydrogen-bond acceptors (Lipinski definition) is 2. The molecular formula is C18H17NO2. The number of aldehydes is 1. The minimum atomic E-state index is 0.597. The number of aryl methyl sites for hydroxylation is 1. The standard InChI is InChI=1S/C18H17NO2/c1-3-21-18-7-5-4-6-15(18)16-10-14-9-8-13(2)11-19(14)17(16)12-20/h4-12H,3H2,1-2H3. The van der Waals surface area contributed by atoms with Crippen LogP contribution in [-0.2, 0) is 0 Å². The van der Waals surface area contributed by atoms with E-state index in [2.05, 4.69) is 0 Å². The van der Waals surface area contributed by atoms with Crippen LogP contribution in [0.25, 0.3) is 16.6 Å². The number of fused-ring (bicyclic) bond motifs is 1. The Morgan fingerprint density at radius 3 is 2.71 bits per heavy atom. The first-order chi connectivity index (χ1) is 10.2. The lowest BCUT2D eigenvalue weighted by molar-refractivity contribution is 0.111. The molecule has 106 valence electrons. The molecule has 0 amide bonds. The van der Waals surface area contributed by atoms with Gasteiger partial charge in [0.25, 0.3) is 0 Å². The predicted molar refractivity (Wildman–Crippen MR) is 84.1 cm³/mol. The quantitative estimate of drug-likeness (QED) is 0.672. The Morgan fingerprint density at radius 2 is 1.95 bits per heavy atom. The molecule has 2 aromatic heterocycles. The molecule has 0 saturated carbocycles. The smallest absolute Gasteiger partial charge is 0.167 e. The largest absolute Gasteiger partial charge is 0.493 e. The second-order valence-electron chi connectivity index (χ2n) is 4.99. The number of para-hydroxylation sites is 1. The molecule has 0 radical (unpaired) electrons. The molecule has 0 saturated heterocycles. The van der Waals surface area contributed by atoms with E-state index in [9.17, 15) is 4.79 Å². The number of carbonyl (C=O) groups excluding carboxylic acids is 1. The maximum absolute atomic E-state index is 11.6. The zero-order valence-electron chi connectivity index (χ0n) is 12.2. The zero-order chi connectivity index (χ0) is 14.8. The van der Waals surface area contributed by atoms with Gasteiger partial charge in [0.15, 0.2) is 6.29 Å². The summed E-state index contributed by atoms with van der Waals surface area (Å²) < 4.78 is 7.62. The molecule has 0 unspecified atom stereocenters. The van der Waals surface area contributed by atoms with E-state index in [1.807, 2.05) is 66.9 Å². The van der Waals surface area contributed by atoms with Crippen LogP contribution in [0, 0.1) is 6.92 Å². The van der Waals surface area contributed by atoms with E-state index < -0.39 is 0 Å². The number of hydrogen-bond donors (Lipinski definition) is 0. The Balaban J connectivity index is 2.27. The molecular weight excluding hydrogens is 262 g/mol. The van der Waals surface area contributed by atoms with E-state index in [1.165, 1.54) is 0 Å². The van der Waals surface area contributed by atoms with Crippen LogP contribution in [0.3, 0.4) is 0 Å². The van der Waals surface area contributed by atoms with Gasteiger partial charge in [0.1, 0.15) is 5.75 Å². The second kappa shape index (κ2) is 5.44. The number of rotatable bonds is 4. The summed E-state index contributed by atoms with van der Waals surface area (Å²) >= 11 is 0. The molecule has 0 aliphatic heterocycles. The van der Waals surface area contributed by atoms with Crippen molar-refractivity contribution in [1.82, 2.24) is 4.40 Å². The summed E-state index contributed by atoms with van der Waals surface area (Å²) in [5.74, 6) is 0.802. The van der Waals surface area contributed by atoms with Gasteiger partial charge in [-0.25, -0.2) is 0 Å². The number of ether oxygens (including phenoxy) is 1. The Labute approximate surface area is 123 Å². The highest BCUT2D eigenvalue weighted by molar-refractivity contribution is 5.91. The average molecular weight is 279 g/mol. The highest BCUT2D eigenvalue weighted by Gasteiger charge is 2.14. The van der Waals surface area contributed by atoms with Crippen molar-refractivity contribution < 1.29 is 9.53 Å². The van der Waals surface area contributed by atoms with Crippen LogP contribution in [0.5, 0.6) is 5.75 Å². The summed E-state index contributed by atoms with van der Waals surface area (Å²) in [6.07, 6.45) is 2.89. The van der Waals surface area contributed by atoms with Crippen molar-refractivity contribution in [1.29, 1.82) is 0 Å². The summed E-state index contributed by atoms with van der Waals surface area (Å²) in [6.45, 7) is 4.57. The maximum Gasteiger partial charge on any atom is 0.167 e. The van der Waals surface area contributed by atoms with Crippen LogP contribution in [0.15, 0.2) is 48.7 Å². The van der Waals surface area contributed by atoms with Crippen molar-refractivity contribution in [3.8, 4) is 16.9 Å². The molecule has 0 aliphatic rings. The summed E-state index contributed by atoms with van der Waals surface area (Å²) in [7, 11) is 0. The minimum absolute atomic E-state index is 0.597. The Hall–Kier alpha value is -2.55. The van der Waals surface area contributed by atoms with E-state index in [4.69, 9.17) is 4.74 Å². The molecule has 1 aromatic carbocycles. The van der Waals surface area contributed by atoms with E-state index in [-0.39, 0.29) is 0 Å². The summed E-state index contributed by atoms with van der Waals surface area (Å²) in [6, 6.07) is 13.9. The molecule has 2 heterocycles. The van der Waals surface area contributed by atoms with Gasteiger partial charge in [-0.1, -0.05) is 24.3 Å². The third kappa shape index (κ3) is 2.31. The van der Waals surface area contributed by atoms with Gasteiger partial charge in [-0.05, 0) is 37.6 Å². The second-order valence-corrected chi connectivity index (χ2v) is 4.99. The maximum atomic E-state index is 11.6. The third-order valence-corrected chi connectivity index (χ3v) is 3.54. The third-order valence-electron chi connectivity index (χ3n) is 3.54. The van der Waals surface area contributed by atoms with Crippen molar-refractivity contribution in [3.63, 3.8) is 0 Å². The first kappa shape index (κ1) is 13.4. The number of nitrogens with zero attached hydrogens (tertiary/aromatic N) is 1. The number of carbonyl (C=O) groups is 1. The predicted octanol–water partition coefficient (Wildman–Crippen LogP) is 4.13. The minimum Gasteiger partial charge on any atom is -0.493 e. The lowest BCUT2D eigenvalue weighted by atomic mass is 10.1. The lowest BCUT2D eigenvalue weighted by Crippen LogP contribution is -1.96. The van der Waals surface area contributed by atoms with Gasteiger partial charge in [-0.3, -0.25) is 4.79 Å². The molecule has 21 heavy (non-hydrogen) atoms. The van der Waals surface area contributed by atoms with E-state index in [0.29, 0.717) is 12.3 Å². The number of benzene rings is 1. The van der Waals surface area contributed by atoms with Crippen LogP contribution in [0.2, 0.25) is 0 Å². The molecule has 0 atom stereocenters. The van der Waals surface area contributed by atoms with Gasteiger partial charge >= 0.3 is 0 Å². The summed E-state index contributed by atoms with van der Waals surface area (Å²) in [5, 5.41) is 0. The van der Waals surface area contributed by atoms with Crippen molar-refractivity contribution in [2.45, 2.75) is 13.8 Å². The van der Waals surface area contributed by atoms with Crippen LogP contribution in [-0.4, -0.2) is 17.3 Å². The Morgan fingerprint density at radius 1 is 1.14 bits per heavy atom. The van der Waals surface area contributed by atoms with Gasteiger partial charge in [0.2, 0.25) is 0 Å². The molecule has 0 spiro atoms. The first-order valence-corrected chi connectivity index (χ1v) is 7.03. The SMILES string of the molecule is CCOc1ccccc1-c1cc2ccc(C)cn2c1C=O. The van der Waals surface area contributed by atoms with Gasteiger partial charge < -0.3 is 9.14 Å². The van der Waals surface area contributed by atoms with Crippen molar-refractivity contribution in [2.75, 3.05) is 6.61 Å². The van der Waals surface area contributed by atoms with Crippen molar-refractivity contribution in [2.24, 2.45) is 0 Å². The van der Waals surface area contributed by atoms with Gasteiger partial charge in [-0.15, -0.1) is 0 Å². The van der Waals surface area contributed by atoms with Gasteiger partial charge in [-0.2, -0.15) is 0 Å². The zero-order valence-corrected chi connectivity index (χ0v) is 12.2. The normalized spacial score (nSPS) is 10.8. The fraction of sp³-hybridized carbons (Fsp3) is 0.167. The summed E-state index contributed by atoms with van der Waals surface area (Å²) in [4.78, 5) is 11.6. The van der Waals surface area contributed by atoms with E-state index in [1.54, 1.807) is 0 Å². The van der Waals surface area contributed by atoms with Gasteiger partial charge in [0, 0.05) is 22.8 Å². The van der Waals surface area contributed by atoms with Crippen LogP contribution < -0.4 is 4.74 Å². The molecule has 0 aliphatic carbocycles. The molecule has 3 aromatic rings. The summed E-state index contributed by atoms with van der Waals surface area (Å²) in [5.41, 5.74) is 4.62. The Bertz CT molecular complexity index is 802. The first-order valence-electron chi connectivity index (χ1n) is 7.03. The van der Waals surface area contributed by atoms with Crippen molar-refractivity contribution >= 4 is 11.8 Å². The molecule has 3 nitrogen and oxygen atoms in total. The molecule has 3 rings (SSSR count). The Kier molecular flexibility index (Phi) is 3.48. The highest BCUT2D eigenvalue weighted by Crippen LogP contribution is 2.34. The average Bonchev–Trinajstić information content (AvgIpc) is 2.85. The molecule has 3 heteroatoms. The van der Waals surface area contributed by atoms with Crippen LogP contribution in [0.1, 0.15) is 23.0 Å². The van der Waals surface area contributed by atoms with Gasteiger partial charge in [0.05, 0.1) is 12.3 Å². The monoisotopic (exact) mass is 279 g/mol. The molecule has 0 bridgehead atoms. The topological polar surface area (TPSA) is 30.7 Å². The van der Waals surface area contributed by atoms with Crippen LogP contribution >= 0.6 is 0 Å². The van der Waals surface area contributed by atoms with E-state index in [0.717, 1.165) is 34.2 Å². The fourth-order valence-electron chi connectivity index (χ4n) is 2.60. The number of pyridine rings is 1. The molecule has 0 fully saturated rings. The number of aromatic nitrogens is 1. The molecule has 0 N–H and O–H groups in total. The van der Waals surface area contributed by atoms with E-state index >= 15 is 0 Å². The lowest BCUT2D eigenvalue weighted by Gasteiger charge is -2.09. The van der Waals surface area contributed by atoms with Crippen molar-refractivity contribution in [3.05, 3.63) is 59.9 Å².